The third kappa shape index (κ3) is 10.9. The Morgan fingerprint density at radius 2 is 1.34 bits per heavy atom. The molecule has 0 unspecified atom stereocenters. The number of hydrogen-bond acceptors (Lipinski definition) is 3. The molecule has 0 bridgehead atoms. The number of aryl methyl sites for hydroxylation is 2. The third-order valence-electron chi connectivity index (χ3n) is 6.23. The molecule has 0 saturated heterocycles. The summed E-state index contributed by atoms with van der Waals surface area (Å²) in [6, 6.07) is 0. The average Bonchev–Trinajstić information content (AvgIpc) is 3.12. The highest BCUT2D eigenvalue weighted by Crippen LogP contribution is 2.33. The molecule has 1 fully saturated rings. The van der Waals surface area contributed by atoms with Crippen molar-refractivity contribution >= 4 is 11.8 Å². The summed E-state index contributed by atoms with van der Waals surface area (Å²) in [4.78, 5) is 4.99. The first-order valence-electron chi connectivity index (χ1n) is 12.9. The Bertz CT molecular complexity index is 508. The minimum atomic E-state index is 0.766. The Balaban J connectivity index is 1.77. The van der Waals surface area contributed by atoms with Gasteiger partial charge in [-0.2, -0.15) is 5.10 Å². The largest absolute Gasteiger partial charge is 0.241 e. The van der Waals surface area contributed by atoms with Gasteiger partial charge in [-0.3, -0.25) is 0 Å². The van der Waals surface area contributed by atoms with Gasteiger partial charge in [-0.25, -0.2) is 9.67 Å². The van der Waals surface area contributed by atoms with E-state index < -0.39 is 0 Å². The van der Waals surface area contributed by atoms with Crippen LogP contribution in [-0.2, 0) is 13.0 Å². The topological polar surface area (TPSA) is 30.7 Å². The van der Waals surface area contributed by atoms with E-state index in [1.165, 1.54) is 121 Å². The standard InChI is InChI=1S/C25H47N3S/c1-3-5-7-9-10-11-13-18-22-28-25(29-23-19-15-14-16-20-23)26-24(27-28)21-17-12-8-6-4-2/h23H,3-22H2,1-2H3. The molecule has 1 heterocycles. The van der Waals surface area contributed by atoms with Crippen LogP contribution in [-0.4, -0.2) is 20.0 Å². The molecule has 29 heavy (non-hydrogen) atoms. The Morgan fingerprint density at radius 3 is 2.00 bits per heavy atom. The molecule has 0 radical (unpaired) electrons. The summed E-state index contributed by atoms with van der Waals surface area (Å²) in [5, 5.41) is 6.91. The third-order valence-corrected chi connectivity index (χ3v) is 7.55. The maximum absolute atomic E-state index is 4.99. The van der Waals surface area contributed by atoms with Gasteiger partial charge in [0.1, 0.15) is 0 Å². The Kier molecular flexibility index (Phi) is 13.8. The van der Waals surface area contributed by atoms with Crippen molar-refractivity contribution in [1.82, 2.24) is 14.8 Å². The lowest BCUT2D eigenvalue weighted by Gasteiger charge is -2.20. The summed E-state index contributed by atoms with van der Waals surface area (Å²) < 4.78 is 2.26. The molecule has 1 aliphatic rings. The smallest absolute Gasteiger partial charge is 0.186 e. The molecule has 1 aromatic heterocycles. The fourth-order valence-corrected chi connectivity index (χ4v) is 5.60. The van der Waals surface area contributed by atoms with E-state index >= 15 is 0 Å². The summed E-state index contributed by atoms with van der Waals surface area (Å²) in [6.07, 6.45) is 25.6. The molecule has 0 aromatic carbocycles. The molecule has 1 saturated carbocycles. The molecule has 0 amide bonds. The number of nitrogens with zero attached hydrogens (tertiary/aromatic N) is 3. The van der Waals surface area contributed by atoms with Crippen molar-refractivity contribution in [3.8, 4) is 0 Å². The number of thioether (sulfide) groups is 1. The normalized spacial score (nSPS) is 15.2. The van der Waals surface area contributed by atoms with Crippen molar-refractivity contribution in [2.24, 2.45) is 0 Å². The second-order valence-electron chi connectivity index (χ2n) is 9.05. The van der Waals surface area contributed by atoms with Crippen molar-refractivity contribution in [2.75, 3.05) is 0 Å². The molecule has 0 aliphatic heterocycles. The molecule has 1 aliphatic carbocycles. The van der Waals surface area contributed by atoms with Crippen LogP contribution in [0.25, 0.3) is 0 Å². The van der Waals surface area contributed by atoms with Gasteiger partial charge in [0.2, 0.25) is 0 Å². The predicted molar refractivity (Wildman–Crippen MR) is 128 cm³/mol. The molecule has 0 atom stereocenters. The zero-order valence-electron chi connectivity index (χ0n) is 19.5. The van der Waals surface area contributed by atoms with Gasteiger partial charge in [-0.1, -0.05) is 116 Å². The van der Waals surface area contributed by atoms with Crippen molar-refractivity contribution in [2.45, 2.75) is 153 Å². The van der Waals surface area contributed by atoms with E-state index in [2.05, 4.69) is 18.5 Å². The summed E-state index contributed by atoms with van der Waals surface area (Å²) in [7, 11) is 0. The molecule has 168 valence electrons. The van der Waals surface area contributed by atoms with Crippen molar-refractivity contribution < 1.29 is 0 Å². The first-order chi connectivity index (χ1) is 14.3. The van der Waals surface area contributed by atoms with Gasteiger partial charge in [0.25, 0.3) is 0 Å². The summed E-state index contributed by atoms with van der Waals surface area (Å²) in [5.41, 5.74) is 0. The van der Waals surface area contributed by atoms with E-state index in [4.69, 9.17) is 10.1 Å². The Morgan fingerprint density at radius 1 is 0.759 bits per heavy atom. The van der Waals surface area contributed by atoms with Crippen LogP contribution in [0.15, 0.2) is 5.16 Å². The zero-order chi connectivity index (χ0) is 20.6. The van der Waals surface area contributed by atoms with Crippen LogP contribution in [0.1, 0.15) is 135 Å². The van der Waals surface area contributed by atoms with E-state index in [-0.39, 0.29) is 0 Å². The van der Waals surface area contributed by atoms with E-state index in [0.717, 1.165) is 24.0 Å². The van der Waals surface area contributed by atoms with Crippen molar-refractivity contribution in [3.63, 3.8) is 0 Å². The van der Waals surface area contributed by atoms with E-state index in [1.54, 1.807) is 0 Å². The van der Waals surface area contributed by atoms with E-state index in [1.807, 2.05) is 11.8 Å². The number of rotatable bonds is 17. The molecule has 0 N–H and O–H groups in total. The van der Waals surface area contributed by atoms with Crippen molar-refractivity contribution in [1.29, 1.82) is 0 Å². The van der Waals surface area contributed by atoms with E-state index in [9.17, 15) is 0 Å². The molecule has 1 aromatic rings. The highest BCUT2D eigenvalue weighted by molar-refractivity contribution is 7.99. The highest BCUT2D eigenvalue weighted by atomic mass is 32.2. The fourth-order valence-electron chi connectivity index (χ4n) is 4.33. The van der Waals surface area contributed by atoms with Crippen LogP contribution in [0.2, 0.25) is 0 Å². The molecular weight excluding hydrogens is 374 g/mol. The van der Waals surface area contributed by atoms with E-state index in [0.29, 0.717) is 0 Å². The summed E-state index contributed by atoms with van der Waals surface area (Å²) >= 11 is 2.03. The van der Waals surface area contributed by atoms with Crippen LogP contribution in [0.4, 0.5) is 0 Å². The van der Waals surface area contributed by atoms with Crippen LogP contribution < -0.4 is 0 Å². The first-order valence-corrected chi connectivity index (χ1v) is 13.8. The molecule has 2 rings (SSSR count). The van der Waals surface area contributed by atoms with Gasteiger partial charge in [0.05, 0.1) is 0 Å². The van der Waals surface area contributed by atoms with Crippen molar-refractivity contribution in [3.05, 3.63) is 5.82 Å². The molecule has 0 spiro atoms. The van der Waals surface area contributed by atoms with Gasteiger partial charge in [0.15, 0.2) is 11.0 Å². The quantitative estimate of drug-likeness (QED) is 0.237. The Hall–Kier alpha value is -0.510. The fraction of sp³-hybridized carbons (Fsp3) is 0.920. The van der Waals surface area contributed by atoms with Crippen LogP contribution in [0.5, 0.6) is 0 Å². The molecule has 4 heteroatoms. The average molecular weight is 422 g/mol. The lowest BCUT2D eigenvalue weighted by molar-refractivity contribution is 0.487. The van der Waals surface area contributed by atoms with Gasteiger partial charge < -0.3 is 0 Å². The number of hydrogen-bond donors (Lipinski definition) is 0. The summed E-state index contributed by atoms with van der Waals surface area (Å²) in [6.45, 7) is 5.64. The summed E-state index contributed by atoms with van der Waals surface area (Å²) in [5.74, 6) is 1.10. The minimum Gasteiger partial charge on any atom is -0.241 e. The maximum atomic E-state index is 4.99. The highest BCUT2D eigenvalue weighted by Gasteiger charge is 2.19. The first kappa shape index (κ1) is 24.8. The number of unbranched alkanes of at least 4 members (excludes halogenated alkanes) is 11. The predicted octanol–water partition coefficient (Wildman–Crippen LogP) is 8.36. The van der Waals surface area contributed by atoms with Crippen LogP contribution >= 0.6 is 11.8 Å². The lowest BCUT2D eigenvalue weighted by Crippen LogP contribution is -2.10. The van der Waals surface area contributed by atoms with Gasteiger partial charge in [-0.05, 0) is 25.7 Å². The van der Waals surface area contributed by atoms with Gasteiger partial charge >= 0.3 is 0 Å². The lowest BCUT2D eigenvalue weighted by atomic mass is 10.0. The number of aromatic nitrogens is 3. The SMILES string of the molecule is CCCCCCCCCCn1nc(CCCCCCC)nc1SC1CCCCC1. The second kappa shape index (κ2) is 16.2. The van der Waals surface area contributed by atoms with Gasteiger partial charge in [0, 0.05) is 18.2 Å². The van der Waals surface area contributed by atoms with Crippen LogP contribution in [0.3, 0.4) is 0 Å². The molecular formula is C25H47N3S. The zero-order valence-corrected chi connectivity index (χ0v) is 20.3. The maximum Gasteiger partial charge on any atom is 0.186 e. The van der Waals surface area contributed by atoms with Crippen LogP contribution in [0, 0.1) is 0 Å². The minimum absolute atomic E-state index is 0.766. The second-order valence-corrected chi connectivity index (χ2v) is 10.3. The molecule has 3 nitrogen and oxygen atoms in total. The monoisotopic (exact) mass is 421 g/mol. The van der Waals surface area contributed by atoms with Gasteiger partial charge in [-0.15, -0.1) is 0 Å². The Labute approximate surface area is 185 Å².